The van der Waals surface area contributed by atoms with Crippen LogP contribution >= 0.6 is 0 Å². The van der Waals surface area contributed by atoms with Crippen LogP contribution in [0.1, 0.15) is 6.42 Å². The number of hydrogen-bond donors (Lipinski definition) is 2. The molecule has 0 spiro atoms. The molecule has 38 valence electrons. The van der Waals surface area contributed by atoms with Crippen LogP contribution in [0.5, 0.6) is 0 Å². The Morgan fingerprint density at radius 2 is 1.57 bits per heavy atom. The van der Waals surface area contributed by atoms with Crippen molar-refractivity contribution in [1.29, 1.82) is 0 Å². The number of nitrogens with two attached hydrogens (primary N) is 2. The standard InChI is InChI=1S/C3H6N4/c4-2-1-3(5)7-6-2/h1H2,(H2,4,6)(H2,5,7). The third kappa shape index (κ3) is 0.677. The molecule has 4 N–H and O–H groups in total. The Morgan fingerprint density at radius 1 is 1.14 bits per heavy atom. The number of amidine groups is 2. The molecular formula is C3H6N4. The molecule has 4 nitrogen and oxygen atoms in total. The van der Waals surface area contributed by atoms with Gasteiger partial charge in [0.2, 0.25) is 0 Å². The van der Waals surface area contributed by atoms with E-state index in [1.165, 1.54) is 0 Å². The maximum Gasteiger partial charge on any atom is 0.130 e. The lowest BCUT2D eigenvalue weighted by atomic mass is 10.4. The van der Waals surface area contributed by atoms with E-state index in [1.807, 2.05) is 0 Å². The lowest BCUT2D eigenvalue weighted by Crippen LogP contribution is -2.16. The predicted octanol–water partition coefficient (Wildman–Crippen LogP) is -0.981. The Kier molecular flexibility index (Phi) is 0.714. The van der Waals surface area contributed by atoms with Crippen molar-refractivity contribution in [2.75, 3.05) is 0 Å². The molecule has 0 atom stereocenters. The van der Waals surface area contributed by atoms with E-state index in [9.17, 15) is 0 Å². The predicted molar refractivity (Wildman–Crippen MR) is 27.9 cm³/mol. The molecule has 0 amide bonds. The minimum Gasteiger partial charge on any atom is -0.385 e. The van der Waals surface area contributed by atoms with Gasteiger partial charge in [-0.1, -0.05) is 0 Å². The van der Waals surface area contributed by atoms with Gasteiger partial charge in [-0.2, -0.15) is 0 Å². The first kappa shape index (κ1) is 4.11. The van der Waals surface area contributed by atoms with E-state index >= 15 is 0 Å². The first-order chi connectivity index (χ1) is 3.29. The lowest BCUT2D eigenvalue weighted by Gasteiger charge is -1.82. The van der Waals surface area contributed by atoms with Crippen molar-refractivity contribution in [3.63, 3.8) is 0 Å². The van der Waals surface area contributed by atoms with Gasteiger partial charge < -0.3 is 11.5 Å². The van der Waals surface area contributed by atoms with Gasteiger partial charge in [-0.25, -0.2) is 0 Å². The minimum absolute atomic E-state index is 0.498. The molecule has 1 aliphatic rings. The SMILES string of the molecule is NC1=NN=C(N)C1. The van der Waals surface area contributed by atoms with E-state index in [2.05, 4.69) is 10.2 Å². The van der Waals surface area contributed by atoms with Crippen LogP contribution < -0.4 is 11.5 Å². The quantitative estimate of drug-likeness (QED) is 0.408. The van der Waals surface area contributed by atoms with Crippen LogP contribution in [0.4, 0.5) is 0 Å². The summed E-state index contributed by atoms with van der Waals surface area (Å²) in [7, 11) is 0. The number of nitrogens with zero attached hydrogens (tertiary/aromatic N) is 2. The van der Waals surface area contributed by atoms with E-state index in [0.717, 1.165) is 0 Å². The van der Waals surface area contributed by atoms with Gasteiger partial charge in [0.15, 0.2) is 0 Å². The highest BCUT2D eigenvalue weighted by atomic mass is 15.3. The van der Waals surface area contributed by atoms with Gasteiger partial charge in [0.1, 0.15) is 11.7 Å². The zero-order valence-electron chi connectivity index (χ0n) is 3.76. The Hall–Kier alpha value is -1.06. The molecule has 0 unspecified atom stereocenters. The fraction of sp³-hybridized carbons (Fsp3) is 0.333. The Bertz CT molecular complexity index is 118. The molecular weight excluding hydrogens is 92.1 g/mol. The van der Waals surface area contributed by atoms with Crippen molar-refractivity contribution in [2.24, 2.45) is 21.7 Å². The molecule has 0 aromatic carbocycles. The average molecular weight is 98.1 g/mol. The average Bonchev–Trinajstić information content (AvgIpc) is 1.87. The minimum atomic E-state index is 0.498. The first-order valence-corrected chi connectivity index (χ1v) is 1.93. The summed E-state index contributed by atoms with van der Waals surface area (Å²) in [4.78, 5) is 0. The Balaban J connectivity index is 2.61. The third-order valence-corrected chi connectivity index (χ3v) is 0.669. The Labute approximate surface area is 40.9 Å². The van der Waals surface area contributed by atoms with Crippen LogP contribution in [0.3, 0.4) is 0 Å². The molecule has 1 heterocycles. The highest BCUT2D eigenvalue weighted by molar-refractivity contribution is 6.03. The second kappa shape index (κ2) is 1.22. The van der Waals surface area contributed by atoms with Crippen LogP contribution in [0.25, 0.3) is 0 Å². The Morgan fingerprint density at radius 3 is 1.71 bits per heavy atom. The van der Waals surface area contributed by atoms with Gasteiger partial charge in [0.25, 0.3) is 0 Å². The van der Waals surface area contributed by atoms with Gasteiger partial charge in [-0.15, -0.1) is 10.2 Å². The highest BCUT2D eigenvalue weighted by Crippen LogP contribution is 1.90. The zero-order chi connectivity index (χ0) is 5.28. The van der Waals surface area contributed by atoms with Crippen LogP contribution in [-0.2, 0) is 0 Å². The molecule has 0 fully saturated rings. The maximum atomic E-state index is 5.18. The summed E-state index contributed by atoms with van der Waals surface area (Å²) in [5.41, 5.74) is 10.4. The summed E-state index contributed by atoms with van der Waals surface area (Å²) >= 11 is 0. The highest BCUT2D eigenvalue weighted by Gasteiger charge is 2.01. The van der Waals surface area contributed by atoms with E-state index in [-0.39, 0.29) is 0 Å². The van der Waals surface area contributed by atoms with Crippen molar-refractivity contribution in [3.05, 3.63) is 0 Å². The summed E-state index contributed by atoms with van der Waals surface area (Å²) < 4.78 is 0. The number of rotatable bonds is 0. The van der Waals surface area contributed by atoms with Crippen molar-refractivity contribution in [1.82, 2.24) is 0 Å². The van der Waals surface area contributed by atoms with Crippen molar-refractivity contribution in [2.45, 2.75) is 6.42 Å². The third-order valence-electron chi connectivity index (χ3n) is 0.669. The molecule has 4 heteroatoms. The summed E-state index contributed by atoms with van der Waals surface area (Å²) in [6.45, 7) is 0. The van der Waals surface area contributed by atoms with Crippen LogP contribution in [0, 0.1) is 0 Å². The van der Waals surface area contributed by atoms with Gasteiger partial charge in [0.05, 0.1) is 6.42 Å². The molecule has 7 heavy (non-hydrogen) atoms. The zero-order valence-corrected chi connectivity index (χ0v) is 3.76. The van der Waals surface area contributed by atoms with Crippen molar-refractivity contribution < 1.29 is 0 Å². The van der Waals surface area contributed by atoms with Crippen molar-refractivity contribution >= 4 is 11.7 Å². The van der Waals surface area contributed by atoms with Gasteiger partial charge in [-0.3, -0.25) is 0 Å². The monoisotopic (exact) mass is 98.1 g/mol. The molecule has 0 radical (unpaired) electrons. The van der Waals surface area contributed by atoms with Gasteiger partial charge >= 0.3 is 0 Å². The smallest absolute Gasteiger partial charge is 0.130 e. The molecule has 0 aliphatic carbocycles. The molecule has 0 aromatic heterocycles. The molecule has 0 aromatic rings. The molecule has 0 bridgehead atoms. The summed E-state index contributed by atoms with van der Waals surface area (Å²) in [5.74, 6) is 0.995. The van der Waals surface area contributed by atoms with Crippen molar-refractivity contribution in [3.8, 4) is 0 Å². The molecule has 1 rings (SSSR count). The lowest BCUT2D eigenvalue weighted by molar-refractivity contribution is 1.25. The van der Waals surface area contributed by atoms with Gasteiger partial charge in [0, 0.05) is 0 Å². The topological polar surface area (TPSA) is 76.8 Å². The van der Waals surface area contributed by atoms with E-state index < -0.39 is 0 Å². The molecule has 1 aliphatic heterocycles. The summed E-state index contributed by atoms with van der Waals surface area (Å²) in [5, 5.41) is 6.95. The van der Waals surface area contributed by atoms with Gasteiger partial charge in [-0.05, 0) is 0 Å². The van der Waals surface area contributed by atoms with E-state index in [4.69, 9.17) is 11.5 Å². The first-order valence-electron chi connectivity index (χ1n) is 1.93. The van der Waals surface area contributed by atoms with Crippen LogP contribution in [-0.4, -0.2) is 11.7 Å². The normalized spacial score (nSPS) is 18.9. The number of hydrogen-bond acceptors (Lipinski definition) is 4. The second-order valence-corrected chi connectivity index (χ2v) is 1.36. The van der Waals surface area contributed by atoms with Crippen LogP contribution in [0.15, 0.2) is 10.2 Å². The fourth-order valence-electron chi connectivity index (χ4n) is 0.385. The fourth-order valence-corrected chi connectivity index (χ4v) is 0.385. The maximum absolute atomic E-state index is 5.18. The second-order valence-electron chi connectivity index (χ2n) is 1.36. The van der Waals surface area contributed by atoms with E-state index in [0.29, 0.717) is 18.1 Å². The molecule has 0 saturated heterocycles. The van der Waals surface area contributed by atoms with E-state index in [1.54, 1.807) is 0 Å². The largest absolute Gasteiger partial charge is 0.385 e. The summed E-state index contributed by atoms with van der Waals surface area (Å²) in [6, 6.07) is 0. The summed E-state index contributed by atoms with van der Waals surface area (Å²) in [6.07, 6.45) is 0.528. The van der Waals surface area contributed by atoms with Crippen LogP contribution in [0.2, 0.25) is 0 Å². The molecule has 0 saturated carbocycles.